The number of fused-ring (bicyclic) bond motifs is 24. The van der Waals surface area contributed by atoms with Crippen molar-refractivity contribution in [3.05, 3.63) is 522 Å². The molecule has 0 saturated carbocycles. The van der Waals surface area contributed by atoms with E-state index in [9.17, 15) is 0 Å². The predicted molar refractivity (Wildman–Crippen MR) is 479 cm³/mol. The summed E-state index contributed by atoms with van der Waals surface area (Å²) in [6.07, 6.45) is 0. The largest absolute Gasteiger partial charge is 2.00 e. The van der Waals surface area contributed by atoms with Crippen molar-refractivity contribution in [1.82, 2.24) is 39.9 Å². The molecule has 0 fully saturated rings. The number of hydrogen-bond donors (Lipinski definition) is 0. The smallest absolute Gasteiger partial charge is 0.357 e. The van der Waals surface area contributed by atoms with Crippen molar-refractivity contribution in [1.29, 1.82) is 0 Å². The van der Waals surface area contributed by atoms with E-state index < -0.39 is 44.8 Å². The van der Waals surface area contributed by atoms with Gasteiger partial charge >= 0.3 is 17.1 Å². The molecule has 0 N–H and O–H groups in total. The molecule has 10 aliphatic heterocycles. The van der Waals surface area contributed by atoms with E-state index in [4.69, 9.17) is 79.0 Å². The van der Waals surface area contributed by atoms with Gasteiger partial charge in [0.1, 0.15) is 0 Å². The Morgan fingerprint density at radius 3 is 0.450 bits per heavy atom. The molecule has 33 rings (SSSR count). The molecule has 8 atom stereocenters. The molecule has 14 aliphatic rings. The second-order valence-electron chi connectivity index (χ2n) is 34.5. The van der Waals surface area contributed by atoms with Crippen LogP contribution in [0.3, 0.4) is 0 Å². The summed E-state index contributed by atoms with van der Waals surface area (Å²) in [7, 11) is 0. The maximum Gasteiger partial charge on any atom is 2.00 e. The number of hydrogen-bond acceptors (Lipinski definition) is 14. The summed E-state index contributed by atoms with van der Waals surface area (Å²) in [6, 6.07) is 134. The fourth-order valence-electron chi connectivity index (χ4n) is 23.2. The van der Waals surface area contributed by atoms with Gasteiger partial charge in [-0.05, 0) is 115 Å². The van der Waals surface area contributed by atoms with Crippen LogP contribution >= 0.6 is 0 Å². The van der Waals surface area contributed by atoms with Gasteiger partial charge in [0.05, 0.1) is 23.3 Å². The number of rotatable bonds is 8. The second-order valence-corrected chi connectivity index (χ2v) is 34.5. The van der Waals surface area contributed by atoms with Crippen LogP contribution < -0.4 is 9.97 Å². The summed E-state index contributed by atoms with van der Waals surface area (Å²) in [5.41, 5.74) is 13.9. The van der Waals surface area contributed by atoms with Crippen LogP contribution in [0.15, 0.2) is 388 Å². The fourth-order valence-corrected chi connectivity index (χ4v) is 23.2. The van der Waals surface area contributed by atoms with E-state index in [1.54, 1.807) is 0 Å². The predicted octanol–water partition coefficient (Wildman–Crippen LogP) is 21.6. The van der Waals surface area contributed by atoms with E-state index in [1.807, 2.05) is 146 Å². The molecule has 17 heteroatoms. The third-order valence-corrected chi connectivity index (χ3v) is 28.6. The van der Waals surface area contributed by atoms with Gasteiger partial charge in [0, 0.05) is 134 Å². The van der Waals surface area contributed by atoms with Gasteiger partial charge < -0.3 is 29.9 Å². The molecular weight excluding hydrogens is 1650 g/mol. The summed E-state index contributed by atoms with van der Waals surface area (Å²) in [6.45, 7) is 0. The molecule has 3 aromatic heterocycles. The Balaban J connectivity index is 0.00000839. The Hall–Kier alpha value is -14.9. The zero-order valence-corrected chi connectivity index (χ0v) is 69.0. The monoisotopic (exact) mass is 1710 g/mol. The third kappa shape index (κ3) is 9.03. The molecule has 4 aliphatic carbocycles. The van der Waals surface area contributed by atoms with Crippen molar-refractivity contribution in [2.24, 2.45) is 0 Å². The molecule has 0 spiro atoms. The molecule has 16 bridgehead atoms. The molecule has 16 aromatic carbocycles. The minimum absolute atomic E-state index is 0. The maximum absolute atomic E-state index is 7.26. The van der Waals surface area contributed by atoms with Crippen LogP contribution in [-0.2, 0) is 101 Å². The van der Waals surface area contributed by atoms with Crippen molar-refractivity contribution >= 4 is 44.1 Å². The molecule has 0 amide bonds. The maximum atomic E-state index is 7.26. The molecule has 611 valence electrons. The van der Waals surface area contributed by atoms with E-state index in [2.05, 4.69) is 243 Å². The Labute approximate surface area is 747 Å². The molecule has 19 aromatic rings. The number of benzene rings is 16. The number of nitrogens with zero attached hydrogens (tertiary/aromatic N) is 8. The minimum atomic E-state index is -1.33. The van der Waals surface area contributed by atoms with E-state index in [-0.39, 0.29) is 17.1 Å². The third-order valence-electron chi connectivity index (χ3n) is 28.6. The topological polar surface area (TPSA) is 179 Å². The van der Waals surface area contributed by atoms with Crippen LogP contribution in [0, 0.1) is 0 Å². The summed E-state index contributed by atoms with van der Waals surface area (Å²) >= 11 is 0. The zero-order chi connectivity index (χ0) is 83.7. The summed E-state index contributed by atoms with van der Waals surface area (Å²) in [5, 5.41) is 2.58. The van der Waals surface area contributed by atoms with Crippen molar-refractivity contribution in [2.45, 2.75) is 44.8 Å². The molecule has 0 saturated heterocycles. The summed E-state index contributed by atoms with van der Waals surface area (Å²) < 4.78 is 0. The Kier molecular flexibility index (Phi) is 14.9. The first-order valence-electron chi connectivity index (χ1n) is 43.1. The quantitative estimate of drug-likeness (QED) is 0.103. The first-order chi connectivity index (χ1) is 63.3. The van der Waals surface area contributed by atoms with Crippen molar-refractivity contribution < 1.29 is 56.2 Å². The molecule has 129 heavy (non-hydrogen) atoms. The average molecular weight is 1710 g/mol. The van der Waals surface area contributed by atoms with Crippen LogP contribution in [0.4, 0.5) is 0 Å². The van der Waals surface area contributed by atoms with Crippen molar-refractivity contribution in [2.75, 3.05) is 0 Å². The van der Waals surface area contributed by atoms with Crippen LogP contribution in [0.25, 0.3) is 89.7 Å². The first kappa shape index (κ1) is 73.3. The molecule has 8 unspecified atom stereocenters. The Morgan fingerprint density at radius 2 is 0.295 bits per heavy atom. The van der Waals surface area contributed by atoms with Gasteiger partial charge in [0.15, 0.2) is 44.8 Å². The molecule has 13 heterocycles. The van der Waals surface area contributed by atoms with Gasteiger partial charge in [-0.2, -0.15) is 0 Å². The average Bonchev–Trinajstić information content (AvgIpc) is 1.60. The SMILES string of the molecule is [Cu+2].c1ccc(C23OOC(c4ccccc4)(c4ccccc42)c2cc4c(cc23)-c2nc-4nc3[n-]c(nc4nc(nc5[n-]c(n2)c2cc6c(cc52)C2(c5ccccc5)OOC6(c5ccccc5)c5ccccc52)-c2cc5c(cc2-4)C2(c4ccccc4)OOC5(c4ccccc4)c4ccccc42)c2cc4c(cc32)C2(c3ccccc3)OOC4(c3ccccc3)c3ccccc32)cc1. The zero-order valence-electron chi connectivity index (χ0n) is 68.1. The van der Waals surface area contributed by atoms with Gasteiger partial charge in [-0.1, -0.05) is 340 Å². The molecule has 16 nitrogen and oxygen atoms in total. The van der Waals surface area contributed by atoms with E-state index in [0.717, 1.165) is 134 Å². The van der Waals surface area contributed by atoms with E-state index in [0.29, 0.717) is 89.7 Å². The first-order valence-corrected chi connectivity index (χ1v) is 43.1. The fraction of sp³-hybridized carbons (Fsp3) is 0.0714. The van der Waals surface area contributed by atoms with E-state index in [1.165, 1.54) is 0 Å². The van der Waals surface area contributed by atoms with Gasteiger partial charge in [-0.3, -0.25) is 0 Å². The second kappa shape index (κ2) is 26.1. The van der Waals surface area contributed by atoms with Crippen LogP contribution in [0.1, 0.15) is 134 Å². The Morgan fingerprint density at radius 1 is 0.155 bits per heavy atom. The van der Waals surface area contributed by atoms with Gasteiger partial charge in [0.25, 0.3) is 0 Å². The van der Waals surface area contributed by atoms with Gasteiger partial charge in [-0.25, -0.2) is 49.1 Å². The van der Waals surface area contributed by atoms with Crippen LogP contribution in [-0.4, -0.2) is 29.9 Å². The molecule has 1 radical (unpaired) electrons. The van der Waals surface area contributed by atoms with Gasteiger partial charge in [-0.15, -0.1) is 0 Å². The number of aromatic nitrogens is 8. The summed E-state index contributed by atoms with van der Waals surface area (Å²) in [4.78, 5) is 105. The van der Waals surface area contributed by atoms with E-state index >= 15 is 0 Å². The standard InChI is InChI=1S/C112H64N8O8.Cu/c1-9-33-65(34-10-1)105-81-49-25-26-50-82(81)106(122-121-105,66-35-11-2-12-36-66)90-58-74-73(57-89(90)105)97-113-98(74)118-100-77-61-93-94(110(70-43-19-6-20-44-70)86-54-30-29-53-85(86)109(93,125-126-110)69-41-17-5-18-42-69)62-78(77)102(115-100)120-104-80-64-96-95(111(71-45-21-7-22-46-71)87-55-31-32-56-88(87)112(96,128-127-111)72-47-23-8-24-48-72)63-79(80)103(116-104)119-101-76-60-92-91(59-75(76)99(114-101)117-97)107(67-37-13-3-14-38-67)83-51-27-28-52-84(83)108(92,124-123-107)68-39-15-4-16-40-68;/h1-64H;/q-2;+2. The normalized spacial score (nSPS) is 23.4. The van der Waals surface area contributed by atoms with Crippen molar-refractivity contribution in [3.63, 3.8) is 0 Å². The Bertz CT molecular complexity index is 7320. The minimum Gasteiger partial charge on any atom is -0.357 e. The van der Waals surface area contributed by atoms with Crippen LogP contribution in [0.2, 0.25) is 0 Å². The summed E-state index contributed by atoms with van der Waals surface area (Å²) in [5.74, 6) is 1.23. The van der Waals surface area contributed by atoms with Gasteiger partial charge in [0.2, 0.25) is 0 Å². The van der Waals surface area contributed by atoms with Crippen LogP contribution in [0.5, 0.6) is 0 Å². The molecular formula is C112H64CuN8O8. The van der Waals surface area contributed by atoms with Crippen molar-refractivity contribution in [3.8, 4) is 45.6 Å².